The molecule has 0 radical (unpaired) electrons. The molecule has 1 atom stereocenters. The molecule has 0 aliphatic carbocycles. The molecule has 102 valence electrons. The molecular formula is C18H18O2. The van der Waals surface area contributed by atoms with Gasteiger partial charge in [-0.15, -0.1) is 5.73 Å². The van der Waals surface area contributed by atoms with Crippen LogP contribution >= 0.6 is 0 Å². The van der Waals surface area contributed by atoms with E-state index in [1.807, 2.05) is 60.7 Å². The Kier molecular flexibility index (Phi) is 5.33. The number of aliphatic hydroxyl groups excluding tert-OH is 1. The molecule has 0 spiro atoms. The second-order valence-electron chi connectivity index (χ2n) is 4.49. The van der Waals surface area contributed by atoms with Gasteiger partial charge in [-0.05, 0) is 11.1 Å². The van der Waals surface area contributed by atoms with Crippen molar-refractivity contribution in [3.05, 3.63) is 89.7 Å². The van der Waals surface area contributed by atoms with E-state index in [9.17, 15) is 5.11 Å². The van der Waals surface area contributed by atoms with Gasteiger partial charge < -0.3 is 9.84 Å². The number of rotatable bonds is 6. The monoisotopic (exact) mass is 266 g/mol. The van der Waals surface area contributed by atoms with Crippen molar-refractivity contribution in [1.82, 2.24) is 0 Å². The van der Waals surface area contributed by atoms with Gasteiger partial charge >= 0.3 is 0 Å². The summed E-state index contributed by atoms with van der Waals surface area (Å²) in [5, 5.41) is 10.3. The molecule has 20 heavy (non-hydrogen) atoms. The van der Waals surface area contributed by atoms with E-state index < -0.39 is 6.10 Å². The predicted molar refractivity (Wildman–Crippen MR) is 80.2 cm³/mol. The third kappa shape index (κ3) is 3.94. The summed E-state index contributed by atoms with van der Waals surface area (Å²) in [6, 6.07) is 19.4. The first-order valence-corrected chi connectivity index (χ1v) is 6.54. The lowest BCUT2D eigenvalue weighted by Crippen LogP contribution is -2.07. The van der Waals surface area contributed by atoms with E-state index >= 15 is 0 Å². The Morgan fingerprint density at radius 3 is 2.25 bits per heavy atom. The van der Waals surface area contributed by atoms with Crippen LogP contribution in [0.3, 0.4) is 0 Å². The van der Waals surface area contributed by atoms with Gasteiger partial charge in [-0.3, -0.25) is 0 Å². The van der Waals surface area contributed by atoms with Crippen molar-refractivity contribution in [2.24, 2.45) is 0 Å². The highest BCUT2D eigenvalue weighted by atomic mass is 16.5. The third-order valence-electron chi connectivity index (χ3n) is 3.04. The highest BCUT2D eigenvalue weighted by molar-refractivity contribution is 5.25. The van der Waals surface area contributed by atoms with Crippen molar-refractivity contribution in [1.29, 1.82) is 0 Å². The lowest BCUT2D eigenvalue weighted by Gasteiger charge is -2.14. The Balaban J connectivity index is 1.92. The van der Waals surface area contributed by atoms with E-state index in [1.165, 1.54) is 0 Å². The summed E-state index contributed by atoms with van der Waals surface area (Å²) in [5.74, 6) is 0. The van der Waals surface area contributed by atoms with Gasteiger partial charge in [0, 0.05) is 5.57 Å². The first kappa shape index (κ1) is 14.3. The number of ether oxygens (including phenoxy) is 1. The van der Waals surface area contributed by atoms with Gasteiger partial charge in [0.15, 0.2) is 0 Å². The van der Waals surface area contributed by atoms with Crippen LogP contribution in [0, 0.1) is 0 Å². The molecule has 2 rings (SSSR count). The minimum Gasteiger partial charge on any atom is -0.383 e. The highest BCUT2D eigenvalue weighted by Crippen LogP contribution is 2.20. The lowest BCUT2D eigenvalue weighted by atomic mass is 10.0. The van der Waals surface area contributed by atoms with Crippen LogP contribution in [-0.2, 0) is 11.3 Å². The third-order valence-corrected chi connectivity index (χ3v) is 3.04. The summed E-state index contributed by atoms with van der Waals surface area (Å²) < 4.78 is 5.62. The summed E-state index contributed by atoms with van der Waals surface area (Å²) in [4.78, 5) is 0. The molecule has 0 aromatic heterocycles. The second-order valence-corrected chi connectivity index (χ2v) is 4.49. The largest absolute Gasteiger partial charge is 0.383 e. The average Bonchev–Trinajstić information content (AvgIpc) is 2.53. The molecule has 0 fully saturated rings. The van der Waals surface area contributed by atoms with Crippen LogP contribution < -0.4 is 0 Å². The van der Waals surface area contributed by atoms with Crippen LogP contribution in [0.2, 0.25) is 0 Å². The van der Waals surface area contributed by atoms with Crippen molar-refractivity contribution in [2.75, 3.05) is 6.61 Å². The fourth-order valence-corrected chi connectivity index (χ4v) is 1.92. The van der Waals surface area contributed by atoms with Crippen LogP contribution in [0.5, 0.6) is 0 Å². The van der Waals surface area contributed by atoms with Crippen molar-refractivity contribution in [2.45, 2.75) is 12.7 Å². The predicted octanol–water partition coefficient (Wildman–Crippen LogP) is 3.65. The minimum absolute atomic E-state index is 0.314. The highest BCUT2D eigenvalue weighted by Gasteiger charge is 2.12. The van der Waals surface area contributed by atoms with Crippen molar-refractivity contribution >= 4 is 0 Å². The first-order chi connectivity index (χ1) is 9.81. The SMILES string of the molecule is C=C=C(COCc1ccccc1)C(O)c1ccccc1. The molecule has 0 amide bonds. The Morgan fingerprint density at radius 1 is 1.05 bits per heavy atom. The van der Waals surface area contributed by atoms with Gasteiger partial charge in [-0.1, -0.05) is 67.2 Å². The molecule has 0 bridgehead atoms. The first-order valence-electron chi connectivity index (χ1n) is 6.54. The standard InChI is InChI=1S/C18H18O2/c1-2-16(18(19)17-11-7-4-8-12-17)14-20-13-15-9-5-3-6-10-15/h3-12,18-19H,1,13-14H2. The van der Waals surface area contributed by atoms with Gasteiger partial charge in [-0.2, -0.15) is 0 Å². The number of aliphatic hydroxyl groups is 1. The van der Waals surface area contributed by atoms with Gasteiger partial charge in [-0.25, -0.2) is 0 Å². The fraction of sp³-hybridized carbons (Fsp3) is 0.167. The van der Waals surface area contributed by atoms with E-state index in [-0.39, 0.29) is 0 Å². The van der Waals surface area contributed by atoms with Gasteiger partial charge in [0.1, 0.15) is 6.10 Å². The Bertz CT molecular complexity index is 569. The maximum atomic E-state index is 10.3. The Morgan fingerprint density at radius 2 is 1.65 bits per heavy atom. The molecule has 2 aromatic carbocycles. The molecule has 0 aliphatic heterocycles. The van der Waals surface area contributed by atoms with Crippen molar-refractivity contribution in [3.63, 3.8) is 0 Å². The van der Waals surface area contributed by atoms with Crippen LogP contribution in [0.15, 0.2) is 78.5 Å². The van der Waals surface area contributed by atoms with E-state index in [1.54, 1.807) is 0 Å². The van der Waals surface area contributed by atoms with Gasteiger partial charge in [0.25, 0.3) is 0 Å². The van der Waals surface area contributed by atoms with Crippen LogP contribution in [-0.4, -0.2) is 11.7 Å². The van der Waals surface area contributed by atoms with Crippen molar-refractivity contribution < 1.29 is 9.84 Å². The summed E-state index contributed by atoms with van der Waals surface area (Å²) in [7, 11) is 0. The summed E-state index contributed by atoms with van der Waals surface area (Å²) in [6.07, 6.45) is -0.718. The molecule has 0 saturated carbocycles. The maximum Gasteiger partial charge on any atom is 0.110 e. The zero-order chi connectivity index (χ0) is 14.2. The maximum absolute atomic E-state index is 10.3. The number of benzene rings is 2. The minimum atomic E-state index is -0.718. The molecule has 1 unspecified atom stereocenters. The molecule has 1 N–H and O–H groups in total. The van der Waals surface area contributed by atoms with Crippen molar-refractivity contribution in [3.8, 4) is 0 Å². The van der Waals surface area contributed by atoms with Crippen LogP contribution in [0.25, 0.3) is 0 Å². The zero-order valence-electron chi connectivity index (χ0n) is 11.3. The topological polar surface area (TPSA) is 29.5 Å². The molecule has 0 heterocycles. The average molecular weight is 266 g/mol. The van der Waals surface area contributed by atoms with Gasteiger partial charge in [0.05, 0.1) is 13.2 Å². The number of hydrogen-bond donors (Lipinski definition) is 1. The van der Waals surface area contributed by atoms with E-state index in [0.29, 0.717) is 18.8 Å². The summed E-state index contributed by atoms with van der Waals surface area (Å²) in [6.45, 7) is 4.45. The molecule has 2 heteroatoms. The van der Waals surface area contributed by atoms with E-state index in [2.05, 4.69) is 12.3 Å². The quantitative estimate of drug-likeness (QED) is 0.809. The van der Waals surface area contributed by atoms with E-state index in [4.69, 9.17) is 4.74 Å². The van der Waals surface area contributed by atoms with Crippen LogP contribution in [0.4, 0.5) is 0 Å². The molecule has 2 aromatic rings. The van der Waals surface area contributed by atoms with Gasteiger partial charge in [0.2, 0.25) is 0 Å². The summed E-state index contributed by atoms with van der Waals surface area (Å²) >= 11 is 0. The number of hydrogen-bond acceptors (Lipinski definition) is 2. The molecule has 2 nitrogen and oxygen atoms in total. The molecule has 0 aliphatic rings. The zero-order valence-corrected chi connectivity index (χ0v) is 11.3. The normalized spacial score (nSPS) is 11.7. The second kappa shape index (κ2) is 7.46. The smallest absolute Gasteiger partial charge is 0.110 e. The Hall–Kier alpha value is -2.12. The molecular weight excluding hydrogens is 248 g/mol. The van der Waals surface area contributed by atoms with E-state index in [0.717, 1.165) is 11.1 Å². The lowest BCUT2D eigenvalue weighted by molar-refractivity contribution is 0.116. The molecule has 0 saturated heterocycles. The summed E-state index contributed by atoms with van der Waals surface area (Å²) in [5.41, 5.74) is 5.35. The fourth-order valence-electron chi connectivity index (χ4n) is 1.92. The van der Waals surface area contributed by atoms with Crippen LogP contribution in [0.1, 0.15) is 17.2 Å². The Labute approximate surface area is 119 Å².